The summed E-state index contributed by atoms with van der Waals surface area (Å²) in [5.41, 5.74) is -0.951. The molecule has 0 radical (unpaired) electrons. The van der Waals surface area contributed by atoms with Gasteiger partial charge in [-0.3, -0.25) is 0 Å². The fraction of sp³-hybridized carbons (Fsp3) is 1.00. The zero-order valence-corrected chi connectivity index (χ0v) is 13.2. The van der Waals surface area contributed by atoms with Crippen LogP contribution in [0.1, 0.15) is 41.0 Å². The highest BCUT2D eigenvalue weighted by molar-refractivity contribution is 6.74. The Morgan fingerprint density at radius 2 is 1.76 bits per heavy atom. The summed E-state index contributed by atoms with van der Waals surface area (Å²) in [6.07, 6.45) is -0.377. The van der Waals surface area contributed by atoms with Gasteiger partial charge in [0.1, 0.15) is 6.10 Å². The number of hydrogen-bond donors (Lipinski definition) is 2. The molecule has 1 rings (SSSR count). The molecule has 1 aliphatic carbocycles. The van der Waals surface area contributed by atoms with Crippen molar-refractivity contribution in [3.63, 3.8) is 0 Å². The zero-order valence-electron chi connectivity index (χ0n) is 12.2. The first-order valence-electron chi connectivity index (χ1n) is 6.50. The maximum atomic E-state index is 10.2. The fourth-order valence-corrected chi connectivity index (χ4v) is 3.28. The Balaban J connectivity index is 2.65. The number of hydrogen-bond acceptors (Lipinski definition) is 3. The zero-order chi connectivity index (χ0) is 13.6. The summed E-state index contributed by atoms with van der Waals surface area (Å²) < 4.78 is 6.12. The van der Waals surface area contributed by atoms with Gasteiger partial charge in [-0.05, 0) is 24.1 Å². The molecule has 3 atom stereocenters. The summed E-state index contributed by atoms with van der Waals surface area (Å²) in [4.78, 5) is 0. The molecule has 0 aliphatic heterocycles. The van der Waals surface area contributed by atoms with Gasteiger partial charge in [-0.1, -0.05) is 34.6 Å². The number of aliphatic hydroxyl groups is 2. The lowest BCUT2D eigenvalue weighted by atomic mass is 9.68. The molecular weight excluding hydrogens is 232 g/mol. The standard InChI is InChI=1S/C13H28O3Si/c1-9(2)13(15)8-10(11(13)14)16-17(6,7)12(3,4)5/h9-11,14-15H,8H2,1-7H3/t10-,11+,13+/m1/s1. The molecule has 0 aromatic rings. The normalized spacial score (nSPS) is 34.9. The lowest BCUT2D eigenvalue weighted by molar-refractivity contribution is -0.227. The van der Waals surface area contributed by atoms with Crippen LogP contribution in [0.4, 0.5) is 0 Å². The van der Waals surface area contributed by atoms with Crippen LogP contribution in [0.25, 0.3) is 0 Å². The monoisotopic (exact) mass is 260 g/mol. The third-order valence-electron chi connectivity index (χ3n) is 4.64. The molecule has 0 amide bonds. The van der Waals surface area contributed by atoms with Gasteiger partial charge in [0.2, 0.25) is 0 Å². The van der Waals surface area contributed by atoms with Crippen molar-refractivity contribution in [1.29, 1.82) is 0 Å². The summed E-state index contributed by atoms with van der Waals surface area (Å²) in [5.74, 6) is 0.0664. The van der Waals surface area contributed by atoms with Gasteiger partial charge in [0.25, 0.3) is 0 Å². The minimum Gasteiger partial charge on any atom is -0.411 e. The smallest absolute Gasteiger partial charge is 0.192 e. The van der Waals surface area contributed by atoms with Crippen LogP contribution < -0.4 is 0 Å². The number of aliphatic hydroxyl groups excluding tert-OH is 1. The molecule has 0 spiro atoms. The van der Waals surface area contributed by atoms with E-state index in [4.69, 9.17) is 4.43 Å². The van der Waals surface area contributed by atoms with E-state index in [0.717, 1.165) is 0 Å². The predicted octanol–water partition coefficient (Wildman–Crippen LogP) is 2.53. The highest BCUT2D eigenvalue weighted by atomic mass is 28.4. The van der Waals surface area contributed by atoms with E-state index < -0.39 is 20.0 Å². The maximum absolute atomic E-state index is 10.2. The molecule has 0 unspecified atom stereocenters. The Morgan fingerprint density at radius 3 is 2.06 bits per heavy atom. The van der Waals surface area contributed by atoms with E-state index in [1.54, 1.807) is 0 Å². The van der Waals surface area contributed by atoms with Crippen molar-refractivity contribution in [2.75, 3.05) is 0 Å². The first kappa shape index (κ1) is 15.2. The molecule has 3 nitrogen and oxygen atoms in total. The first-order valence-corrected chi connectivity index (χ1v) is 9.41. The van der Waals surface area contributed by atoms with Gasteiger partial charge in [-0.2, -0.15) is 0 Å². The largest absolute Gasteiger partial charge is 0.411 e. The van der Waals surface area contributed by atoms with E-state index in [0.29, 0.717) is 6.42 Å². The molecular formula is C13H28O3Si. The van der Waals surface area contributed by atoms with E-state index in [2.05, 4.69) is 33.9 Å². The van der Waals surface area contributed by atoms with Crippen molar-refractivity contribution in [3.05, 3.63) is 0 Å². The molecule has 0 aromatic carbocycles. The molecule has 4 heteroatoms. The summed E-state index contributed by atoms with van der Waals surface area (Å²) in [6.45, 7) is 14.8. The second-order valence-electron chi connectivity index (χ2n) is 7.21. The van der Waals surface area contributed by atoms with Gasteiger partial charge in [-0.15, -0.1) is 0 Å². The summed E-state index contributed by atoms with van der Waals surface area (Å²) >= 11 is 0. The SMILES string of the molecule is CC(C)[C@@]1(O)C[C@@H](O[Si](C)(C)C(C)(C)C)[C@@H]1O. The van der Waals surface area contributed by atoms with Crippen LogP contribution in [0.3, 0.4) is 0 Å². The number of rotatable bonds is 3. The van der Waals surface area contributed by atoms with Gasteiger partial charge in [-0.25, -0.2) is 0 Å². The van der Waals surface area contributed by atoms with Crippen LogP contribution in [0.15, 0.2) is 0 Å². The molecule has 2 N–H and O–H groups in total. The van der Waals surface area contributed by atoms with Gasteiger partial charge in [0.05, 0.1) is 11.7 Å². The average Bonchev–Trinajstić information content (AvgIpc) is 2.14. The quantitative estimate of drug-likeness (QED) is 0.767. The van der Waals surface area contributed by atoms with E-state index in [9.17, 15) is 10.2 Å². The highest BCUT2D eigenvalue weighted by Crippen LogP contribution is 2.45. The van der Waals surface area contributed by atoms with Gasteiger partial charge in [0, 0.05) is 6.42 Å². The second-order valence-corrected chi connectivity index (χ2v) is 12.0. The maximum Gasteiger partial charge on any atom is 0.192 e. The van der Waals surface area contributed by atoms with Crippen LogP contribution in [-0.4, -0.2) is 36.3 Å². The van der Waals surface area contributed by atoms with E-state index in [1.165, 1.54) is 0 Å². The van der Waals surface area contributed by atoms with Crippen LogP contribution >= 0.6 is 0 Å². The molecule has 1 fully saturated rings. The summed E-state index contributed by atoms with van der Waals surface area (Å²) in [5, 5.41) is 20.4. The van der Waals surface area contributed by atoms with Crippen LogP contribution in [0.5, 0.6) is 0 Å². The Kier molecular flexibility index (Phi) is 3.86. The van der Waals surface area contributed by atoms with Crippen LogP contribution in [0.2, 0.25) is 18.1 Å². The van der Waals surface area contributed by atoms with Crippen molar-refractivity contribution in [2.24, 2.45) is 5.92 Å². The van der Waals surface area contributed by atoms with Crippen molar-refractivity contribution >= 4 is 8.32 Å². The topological polar surface area (TPSA) is 49.7 Å². The van der Waals surface area contributed by atoms with E-state index in [1.807, 2.05) is 13.8 Å². The van der Waals surface area contributed by atoms with Gasteiger partial charge < -0.3 is 14.6 Å². The van der Waals surface area contributed by atoms with Gasteiger partial charge in [0.15, 0.2) is 8.32 Å². The van der Waals surface area contributed by atoms with Crippen molar-refractivity contribution in [3.8, 4) is 0 Å². The van der Waals surface area contributed by atoms with Crippen molar-refractivity contribution in [2.45, 2.75) is 77.0 Å². The Bertz CT molecular complexity index is 283. The predicted molar refractivity (Wildman–Crippen MR) is 72.5 cm³/mol. The molecule has 0 bridgehead atoms. The third kappa shape index (κ3) is 2.60. The lowest BCUT2D eigenvalue weighted by Crippen LogP contribution is -2.67. The lowest BCUT2D eigenvalue weighted by Gasteiger charge is -2.54. The summed E-state index contributed by atoms with van der Waals surface area (Å²) in [7, 11) is -1.85. The van der Waals surface area contributed by atoms with E-state index >= 15 is 0 Å². The van der Waals surface area contributed by atoms with Crippen molar-refractivity contribution in [1.82, 2.24) is 0 Å². The highest BCUT2D eigenvalue weighted by Gasteiger charge is 2.56. The van der Waals surface area contributed by atoms with Gasteiger partial charge >= 0.3 is 0 Å². The van der Waals surface area contributed by atoms with E-state index in [-0.39, 0.29) is 17.1 Å². The van der Waals surface area contributed by atoms with Crippen molar-refractivity contribution < 1.29 is 14.6 Å². The minimum atomic E-state index is -1.85. The molecule has 0 saturated heterocycles. The minimum absolute atomic E-state index is 0.0664. The second kappa shape index (κ2) is 4.33. The molecule has 1 aliphatic rings. The Morgan fingerprint density at radius 1 is 1.29 bits per heavy atom. The molecule has 17 heavy (non-hydrogen) atoms. The summed E-state index contributed by atoms with van der Waals surface area (Å²) in [6, 6.07) is 0. The van der Waals surface area contributed by atoms with Crippen LogP contribution in [0, 0.1) is 5.92 Å². The van der Waals surface area contributed by atoms with Crippen LogP contribution in [-0.2, 0) is 4.43 Å². The molecule has 1 saturated carbocycles. The molecule has 0 heterocycles. The molecule has 102 valence electrons. The third-order valence-corrected chi connectivity index (χ3v) is 9.15. The average molecular weight is 260 g/mol. The fourth-order valence-electron chi connectivity index (χ4n) is 1.95. The Hall–Kier alpha value is 0.0969. The molecule has 0 aromatic heterocycles. The Labute approximate surface area is 106 Å². The first-order chi connectivity index (χ1) is 7.42.